The van der Waals surface area contributed by atoms with Gasteiger partial charge in [0.15, 0.2) is 5.69 Å². The first-order valence-corrected chi connectivity index (χ1v) is 8.49. The highest BCUT2D eigenvalue weighted by Gasteiger charge is 2.34. The predicted molar refractivity (Wildman–Crippen MR) is 88.3 cm³/mol. The van der Waals surface area contributed by atoms with Gasteiger partial charge in [0.25, 0.3) is 5.78 Å². The molecule has 6 nitrogen and oxygen atoms in total. The molecule has 0 spiro atoms. The van der Waals surface area contributed by atoms with Gasteiger partial charge in [-0.25, -0.2) is 4.98 Å². The molecule has 1 N–H and O–H groups in total. The Balaban J connectivity index is 1.76. The topological polar surface area (TPSA) is 58.3 Å². The van der Waals surface area contributed by atoms with E-state index < -0.39 is 11.9 Å². The lowest BCUT2D eigenvalue weighted by Gasteiger charge is -2.36. The highest BCUT2D eigenvalue weighted by atomic mass is 19.4. The van der Waals surface area contributed by atoms with Crippen LogP contribution >= 0.6 is 0 Å². The Labute approximate surface area is 144 Å². The first kappa shape index (κ1) is 17.9. The molecule has 2 aromatic rings. The Hall–Kier alpha value is -1.90. The van der Waals surface area contributed by atoms with Crippen LogP contribution in [0.5, 0.6) is 0 Å². The SMILES string of the molecule is CC1CC(C)CN(CC(C)Nc2cc(C(F)(F)F)nc3ncnn23)C1. The van der Waals surface area contributed by atoms with Crippen molar-refractivity contribution in [3.05, 3.63) is 18.1 Å². The molecule has 0 bridgehead atoms. The fraction of sp³-hybridized carbons (Fsp3) is 0.688. The van der Waals surface area contributed by atoms with Crippen molar-refractivity contribution >= 4 is 11.6 Å². The lowest BCUT2D eigenvalue weighted by molar-refractivity contribution is -0.141. The molecule has 9 heteroatoms. The van der Waals surface area contributed by atoms with Crippen LogP contribution in [0.1, 0.15) is 32.9 Å². The zero-order valence-corrected chi connectivity index (χ0v) is 14.6. The van der Waals surface area contributed by atoms with Gasteiger partial charge < -0.3 is 10.2 Å². The van der Waals surface area contributed by atoms with Crippen LogP contribution in [0, 0.1) is 11.8 Å². The Kier molecular flexibility index (Phi) is 4.86. The third-order valence-corrected chi connectivity index (χ3v) is 4.41. The molecule has 3 atom stereocenters. The van der Waals surface area contributed by atoms with Crippen LogP contribution in [-0.2, 0) is 6.18 Å². The first-order valence-electron chi connectivity index (χ1n) is 8.49. The summed E-state index contributed by atoms with van der Waals surface area (Å²) in [5, 5.41) is 7.10. The maximum Gasteiger partial charge on any atom is 0.433 e. The molecule has 0 aromatic carbocycles. The number of nitrogens with one attached hydrogen (secondary N) is 1. The van der Waals surface area contributed by atoms with Crippen molar-refractivity contribution in [2.75, 3.05) is 25.0 Å². The van der Waals surface area contributed by atoms with Gasteiger partial charge in [0.05, 0.1) is 0 Å². The molecule has 0 aliphatic carbocycles. The Morgan fingerprint density at radius 3 is 2.60 bits per heavy atom. The maximum atomic E-state index is 13.0. The van der Waals surface area contributed by atoms with Gasteiger partial charge in [-0.1, -0.05) is 13.8 Å². The van der Waals surface area contributed by atoms with E-state index in [9.17, 15) is 13.2 Å². The summed E-state index contributed by atoms with van der Waals surface area (Å²) >= 11 is 0. The molecule has 3 rings (SSSR count). The van der Waals surface area contributed by atoms with Gasteiger partial charge >= 0.3 is 6.18 Å². The quantitative estimate of drug-likeness (QED) is 0.913. The standard InChI is InChI=1S/C16H23F3N6/c1-10-4-11(2)7-24(6-10)8-12(3)22-14-5-13(16(17,18)19)23-15-20-9-21-25(14)15/h5,9-12,22H,4,6-8H2,1-3H3. The second kappa shape index (κ2) is 6.78. The Morgan fingerprint density at radius 2 is 1.96 bits per heavy atom. The zero-order valence-electron chi connectivity index (χ0n) is 14.6. The number of piperidine rings is 1. The summed E-state index contributed by atoms with van der Waals surface area (Å²) in [6.45, 7) is 9.21. The van der Waals surface area contributed by atoms with Gasteiger partial charge in [0.1, 0.15) is 12.1 Å². The molecule has 25 heavy (non-hydrogen) atoms. The fourth-order valence-corrected chi connectivity index (χ4v) is 3.69. The van der Waals surface area contributed by atoms with Gasteiger partial charge in [-0.15, -0.1) is 0 Å². The van der Waals surface area contributed by atoms with E-state index in [2.05, 4.69) is 39.1 Å². The van der Waals surface area contributed by atoms with Crippen LogP contribution in [-0.4, -0.2) is 50.2 Å². The van der Waals surface area contributed by atoms with Crippen molar-refractivity contribution in [1.29, 1.82) is 0 Å². The second-order valence-electron chi connectivity index (χ2n) is 7.21. The lowest BCUT2D eigenvalue weighted by Crippen LogP contribution is -2.43. The molecule has 1 aliphatic rings. The summed E-state index contributed by atoms with van der Waals surface area (Å²) in [7, 11) is 0. The van der Waals surface area contributed by atoms with E-state index in [0.29, 0.717) is 11.8 Å². The first-order chi connectivity index (χ1) is 11.7. The molecule has 1 saturated heterocycles. The number of fused-ring (bicyclic) bond motifs is 1. The van der Waals surface area contributed by atoms with Crippen LogP contribution in [0.2, 0.25) is 0 Å². The number of nitrogens with zero attached hydrogens (tertiary/aromatic N) is 5. The molecule has 1 fully saturated rings. The van der Waals surface area contributed by atoms with E-state index in [-0.39, 0.29) is 17.6 Å². The highest BCUT2D eigenvalue weighted by molar-refractivity contribution is 5.46. The van der Waals surface area contributed by atoms with Crippen molar-refractivity contribution in [3.8, 4) is 0 Å². The smallest absolute Gasteiger partial charge is 0.366 e. The average Bonchev–Trinajstić information content (AvgIpc) is 2.93. The number of halogens is 3. The predicted octanol–water partition coefficient (Wildman–Crippen LogP) is 2.92. The van der Waals surface area contributed by atoms with Gasteiger partial charge in [-0.05, 0) is 25.2 Å². The summed E-state index contributed by atoms with van der Waals surface area (Å²) in [4.78, 5) is 9.67. The van der Waals surface area contributed by atoms with Gasteiger partial charge in [-0.3, -0.25) is 0 Å². The van der Waals surface area contributed by atoms with Gasteiger partial charge in [0.2, 0.25) is 0 Å². The van der Waals surface area contributed by atoms with Crippen LogP contribution in [0.3, 0.4) is 0 Å². The summed E-state index contributed by atoms with van der Waals surface area (Å²) in [6, 6.07) is 0.952. The summed E-state index contributed by atoms with van der Waals surface area (Å²) < 4.78 is 40.4. The Morgan fingerprint density at radius 1 is 1.28 bits per heavy atom. The third-order valence-electron chi connectivity index (χ3n) is 4.41. The molecule has 2 aromatic heterocycles. The minimum Gasteiger partial charge on any atom is -0.366 e. The maximum absolute atomic E-state index is 13.0. The van der Waals surface area contributed by atoms with Crippen molar-refractivity contribution in [2.24, 2.45) is 11.8 Å². The number of rotatable bonds is 4. The molecule has 0 saturated carbocycles. The van der Waals surface area contributed by atoms with Crippen LogP contribution in [0.25, 0.3) is 5.78 Å². The third kappa shape index (κ3) is 4.20. The minimum absolute atomic E-state index is 0.0339. The monoisotopic (exact) mass is 356 g/mol. The van der Waals surface area contributed by atoms with Gasteiger partial charge in [0, 0.05) is 31.7 Å². The van der Waals surface area contributed by atoms with Crippen LogP contribution < -0.4 is 5.32 Å². The molecule has 3 heterocycles. The van der Waals surface area contributed by atoms with Crippen molar-refractivity contribution in [3.63, 3.8) is 0 Å². The molecule has 0 radical (unpaired) electrons. The molecule has 1 aliphatic heterocycles. The second-order valence-corrected chi connectivity index (χ2v) is 7.21. The van der Waals surface area contributed by atoms with Crippen molar-refractivity contribution in [1.82, 2.24) is 24.5 Å². The van der Waals surface area contributed by atoms with Gasteiger partial charge in [-0.2, -0.15) is 27.8 Å². The Bertz CT molecular complexity index is 718. The molecular formula is C16H23F3N6. The molecule has 138 valence electrons. The molecule has 3 unspecified atom stereocenters. The highest BCUT2D eigenvalue weighted by Crippen LogP contribution is 2.29. The number of aromatic nitrogens is 4. The van der Waals surface area contributed by atoms with Crippen LogP contribution in [0.4, 0.5) is 19.0 Å². The number of hydrogen-bond acceptors (Lipinski definition) is 5. The van der Waals surface area contributed by atoms with E-state index in [4.69, 9.17) is 0 Å². The number of likely N-dealkylation sites (tertiary alicyclic amines) is 1. The van der Waals surface area contributed by atoms with E-state index in [1.165, 1.54) is 17.3 Å². The van der Waals surface area contributed by atoms with E-state index in [0.717, 1.165) is 25.7 Å². The van der Waals surface area contributed by atoms with E-state index >= 15 is 0 Å². The molecule has 0 amide bonds. The fourth-order valence-electron chi connectivity index (χ4n) is 3.69. The van der Waals surface area contributed by atoms with E-state index in [1.54, 1.807) is 0 Å². The minimum atomic E-state index is -4.52. The van der Waals surface area contributed by atoms with E-state index in [1.807, 2.05) is 6.92 Å². The normalized spacial score (nSPS) is 23.8. The summed E-state index contributed by atoms with van der Waals surface area (Å²) in [6.07, 6.45) is -2.10. The van der Waals surface area contributed by atoms with Crippen LogP contribution in [0.15, 0.2) is 12.4 Å². The largest absolute Gasteiger partial charge is 0.433 e. The average molecular weight is 356 g/mol. The number of hydrogen-bond donors (Lipinski definition) is 1. The number of alkyl halides is 3. The zero-order chi connectivity index (χ0) is 18.2. The summed E-state index contributed by atoms with van der Waals surface area (Å²) in [5.74, 6) is 1.46. The van der Waals surface area contributed by atoms with Crippen molar-refractivity contribution in [2.45, 2.75) is 39.4 Å². The van der Waals surface area contributed by atoms with Crippen molar-refractivity contribution < 1.29 is 13.2 Å². The lowest BCUT2D eigenvalue weighted by atomic mass is 9.92. The summed E-state index contributed by atoms with van der Waals surface area (Å²) in [5.41, 5.74) is -0.970. The molecular weight excluding hydrogens is 333 g/mol. The number of anilines is 1.